The van der Waals surface area contributed by atoms with Gasteiger partial charge in [-0.25, -0.2) is 0 Å². The van der Waals surface area contributed by atoms with Gasteiger partial charge in [-0.2, -0.15) is 0 Å². The lowest BCUT2D eigenvalue weighted by Gasteiger charge is -2.23. The van der Waals surface area contributed by atoms with E-state index in [1.54, 1.807) is 23.1 Å². The van der Waals surface area contributed by atoms with Crippen LogP contribution in [0.1, 0.15) is 15.7 Å². The van der Waals surface area contributed by atoms with Crippen molar-refractivity contribution >= 4 is 40.8 Å². The fourth-order valence-electron chi connectivity index (χ4n) is 2.61. The molecule has 1 aromatic heterocycles. The maximum atomic E-state index is 11.8. The van der Waals surface area contributed by atoms with Gasteiger partial charge in [-0.05, 0) is 29.2 Å². The van der Waals surface area contributed by atoms with Gasteiger partial charge in [0, 0.05) is 10.4 Å². The van der Waals surface area contributed by atoms with Crippen LogP contribution in [-0.2, 0) is 4.79 Å². The predicted octanol–water partition coefficient (Wildman–Crippen LogP) is 3.95. The molecule has 0 fully saturated rings. The smallest absolute Gasteiger partial charge is 0.234 e. The summed E-state index contributed by atoms with van der Waals surface area (Å²) in [6.45, 7) is 0.584. The highest BCUT2D eigenvalue weighted by Crippen LogP contribution is 2.46. The van der Waals surface area contributed by atoms with Gasteiger partial charge in [-0.3, -0.25) is 4.79 Å². The monoisotopic (exact) mass is 315 g/mol. The summed E-state index contributed by atoms with van der Waals surface area (Å²) < 4.78 is 5.87. The Hall–Kier alpha value is -1.72. The summed E-state index contributed by atoms with van der Waals surface area (Å²) in [6, 6.07) is 10.0. The number of hydrogen-bond donors (Lipinski definition) is 1. The largest absolute Gasteiger partial charge is 0.489 e. The van der Waals surface area contributed by atoms with E-state index in [9.17, 15) is 4.79 Å². The van der Waals surface area contributed by atoms with Gasteiger partial charge >= 0.3 is 0 Å². The highest BCUT2D eigenvalue weighted by molar-refractivity contribution is 8.00. The topological polar surface area (TPSA) is 38.3 Å². The lowest BCUT2D eigenvalue weighted by molar-refractivity contribution is -0.113. The van der Waals surface area contributed by atoms with Crippen LogP contribution in [0.4, 0.5) is 5.69 Å². The van der Waals surface area contributed by atoms with Crippen molar-refractivity contribution in [1.29, 1.82) is 0 Å². The number of benzene rings is 1. The first-order chi connectivity index (χ1) is 10.3. The van der Waals surface area contributed by atoms with Gasteiger partial charge in [0.2, 0.25) is 5.91 Å². The molecule has 5 heteroatoms. The molecule has 0 spiro atoms. The quantitative estimate of drug-likeness (QED) is 0.866. The number of hydrogen-bond acceptors (Lipinski definition) is 4. The average Bonchev–Trinajstić information content (AvgIpc) is 2.89. The number of anilines is 1. The van der Waals surface area contributed by atoms with Crippen molar-refractivity contribution in [3.05, 3.63) is 51.7 Å². The van der Waals surface area contributed by atoms with Gasteiger partial charge < -0.3 is 10.1 Å². The minimum absolute atomic E-state index is 0.0693. The molecule has 0 saturated heterocycles. The van der Waals surface area contributed by atoms with Crippen LogP contribution in [0.2, 0.25) is 0 Å². The van der Waals surface area contributed by atoms with Crippen molar-refractivity contribution in [2.75, 3.05) is 17.7 Å². The van der Waals surface area contributed by atoms with Crippen LogP contribution in [0.5, 0.6) is 5.75 Å². The Labute approximate surface area is 131 Å². The number of fused-ring (bicyclic) bond motifs is 2. The molecule has 1 amide bonds. The SMILES string of the molecule is O=C1CSC(C2=Cc3ccccc3OC2)c2sccc2N1. The number of carbonyl (C=O) groups is 1. The number of nitrogens with one attached hydrogen (secondary N) is 1. The second-order valence-corrected chi connectivity index (χ2v) is 7.02. The molecular weight excluding hydrogens is 302 g/mol. The van der Waals surface area contributed by atoms with Crippen molar-refractivity contribution in [3.8, 4) is 5.75 Å². The fourth-order valence-corrected chi connectivity index (χ4v) is 4.87. The molecule has 1 unspecified atom stereocenters. The summed E-state index contributed by atoms with van der Waals surface area (Å²) in [5.74, 6) is 1.48. The van der Waals surface area contributed by atoms with Crippen LogP contribution in [0.15, 0.2) is 41.3 Å². The molecule has 2 aromatic rings. The van der Waals surface area contributed by atoms with E-state index in [1.807, 2.05) is 29.6 Å². The van der Waals surface area contributed by atoms with Gasteiger partial charge in [-0.15, -0.1) is 23.1 Å². The highest BCUT2D eigenvalue weighted by Gasteiger charge is 2.28. The van der Waals surface area contributed by atoms with Crippen molar-refractivity contribution < 1.29 is 9.53 Å². The van der Waals surface area contributed by atoms with Gasteiger partial charge in [0.15, 0.2) is 0 Å². The number of ether oxygens (including phenoxy) is 1. The molecule has 0 saturated carbocycles. The lowest BCUT2D eigenvalue weighted by atomic mass is 10.0. The Morgan fingerprint density at radius 2 is 2.14 bits per heavy atom. The third-order valence-corrected chi connectivity index (χ3v) is 6.01. The number of carbonyl (C=O) groups excluding carboxylic acids is 1. The minimum atomic E-state index is 0.0693. The predicted molar refractivity (Wildman–Crippen MR) is 88.1 cm³/mol. The molecule has 2 aliphatic rings. The van der Waals surface area contributed by atoms with Crippen LogP contribution in [0.25, 0.3) is 6.08 Å². The van der Waals surface area contributed by atoms with Crippen LogP contribution in [-0.4, -0.2) is 18.3 Å². The van der Waals surface area contributed by atoms with E-state index in [2.05, 4.69) is 17.5 Å². The zero-order chi connectivity index (χ0) is 14.2. The van der Waals surface area contributed by atoms with Crippen molar-refractivity contribution in [2.45, 2.75) is 5.25 Å². The van der Waals surface area contributed by atoms with E-state index in [0.717, 1.165) is 17.0 Å². The Morgan fingerprint density at radius 3 is 3.10 bits per heavy atom. The molecule has 0 bridgehead atoms. The molecule has 21 heavy (non-hydrogen) atoms. The second-order valence-electron chi connectivity index (χ2n) is 4.98. The first-order valence-corrected chi connectivity index (χ1v) is 8.65. The van der Waals surface area contributed by atoms with E-state index in [0.29, 0.717) is 12.4 Å². The average molecular weight is 315 g/mol. The normalized spacial score (nSPS) is 20.5. The Bertz CT molecular complexity index is 735. The first-order valence-electron chi connectivity index (χ1n) is 6.72. The first kappa shape index (κ1) is 13.0. The number of rotatable bonds is 1. The molecule has 1 atom stereocenters. The van der Waals surface area contributed by atoms with Crippen LogP contribution in [0, 0.1) is 0 Å². The summed E-state index contributed by atoms with van der Waals surface area (Å²) in [6.07, 6.45) is 2.20. The summed E-state index contributed by atoms with van der Waals surface area (Å²) in [5.41, 5.74) is 3.28. The number of thiophene rings is 1. The maximum absolute atomic E-state index is 11.8. The van der Waals surface area contributed by atoms with Crippen LogP contribution >= 0.6 is 23.1 Å². The third-order valence-electron chi connectivity index (χ3n) is 3.58. The van der Waals surface area contributed by atoms with E-state index < -0.39 is 0 Å². The standard InChI is InChI=1S/C16H13NO2S2/c18-14-9-21-15(16-12(17-14)5-6-20-16)11-7-10-3-1-2-4-13(10)19-8-11/h1-7,15H,8-9H2,(H,17,18). The Kier molecular flexibility index (Phi) is 3.24. The summed E-state index contributed by atoms with van der Waals surface area (Å²) in [4.78, 5) is 13.0. The summed E-state index contributed by atoms with van der Waals surface area (Å²) >= 11 is 3.36. The van der Waals surface area contributed by atoms with Gasteiger partial charge in [-0.1, -0.05) is 18.2 Å². The molecule has 106 valence electrons. The molecule has 3 nitrogen and oxygen atoms in total. The molecule has 3 heterocycles. The van der Waals surface area contributed by atoms with Crippen molar-refractivity contribution in [3.63, 3.8) is 0 Å². The summed E-state index contributed by atoms with van der Waals surface area (Å²) in [5, 5.41) is 5.19. The number of thioether (sulfide) groups is 1. The zero-order valence-electron chi connectivity index (χ0n) is 11.2. The van der Waals surface area contributed by atoms with Crippen LogP contribution in [0.3, 0.4) is 0 Å². The Balaban J connectivity index is 1.75. The number of para-hydroxylation sites is 1. The van der Waals surface area contributed by atoms with E-state index in [-0.39, 0.29) is 11.2 Å². The fraction of sp³-hybridized carbons (Fsp3) is 0.188. The Morgan fingerprint density at radius 1 is 1.24 bits per heavy atom. The van der Waals surface area contributed by atoms with Crippen LogP contribution < -0.4 is 10.1 Å². The highest BCUT2D eigenvalue weighted by atomic mass is 32.2. The summed E-state index contributed by atoms with van der Waals surface area (Å²) in [7, 11) is 0. The van der Waals surface area contributed by atoms with Gasteiger partial charge in [0.05, 0.1) is 16.7 Å². The third kappa shape index (κ3) is 2.36. The minimum Gasteiger partial charge on any atom is -0.489 e. The molecule has 4 rings (SSSR count). The molecule has 0 radical (unpaired) electrons. The molecule has 2 aliphatic heterocycles. The van der Waals surface area contributed by atoms with Gasteiger partial charge in [0.1, 0.15) is 12.4 Å². The molecule has 1 N–H and O–H groups in total. The van der Waals surface area contributed by atoms with E-state index >= 15 is 0 Å². The molecule has 0 aliphatic carbocycles. The maximum Gasteiger partial charge on any atom is 0.234 e. The number of amides is 1. The van der Waals surface area contributed by atoms with E-state index in [4.69, 9.17) is 4.74 Å². The zero-order valence-corrected chi connectivity index (χ0v) is 12.8. The van der Waals surface area contributed by atoms with Crippen molar-refractivity contribution in [1.82, 2.24) is 0 Å². The molecular formula is C16H13NO2S2. The second kappa shape index (κ2) is 5.24. The van der Waals surface area contributed by atoms with E-state index in [1.165, 1.54) is 10.5 Å². The van der Waals surface area contributed by atoms with Gasteiger partial charge in [0.25, 0.3) is 0 Å². The lowest BCUT2D eigenvalue weighted by Crippen LogP contribution is -2.12. The van der Waals surface area contributed by atoms with Crippen molar-refractivity contribution in [2.24, 2.45) is 0 Å². The molecule has 1 aromatic carbocycles.